The summed E-state index contributed by atoms with van der Waals surface area (Å²) in [5, 5.41) is 15.3. The quantitative estimate of drug-likeness (QED) is 0.462. The molecule has 1 amide bonds. The van der Waals surface area contributed by atoms with E-state index in [1.807, 2.05) is 24.3 Å². The monoisotopic (exact) mass is 398 g/mol. The summed E-state index contributed by atoms with van der Waals surface area (Å²) in [4.78, 5) is 12.6. The van der Waals surface area contributed by atoms with Gasteiger partial charge in [-0.05, 0) is 18.2 Å². The highest BCUT2D eigenvalue weighted by Gasteiger charge is 2.16. The van der Waals surface area contributed by atoms with E-state index in [9.17, 15) is 9.90 Å². The Morgan fingerprint density at radius 2 is 1.96 bits per heavy atom. The lowest BCUT2D eigenvalue weighted by Crippen LogP contribution is -2.16. The molecule has 0 fully saturated rings. The van der Waals surface area contributed by atoms with E-state index < -0.39 is 5.91 Å². The molecular weight excluding hydrogens is 391 g/mol. The third kappa shape index (κ3) is 3.35. The number of carbonyl (C=O) groups excluding carboxylic acids is 1. The van der Waals surface area contributed by atoms with Crippen molar-refractivity contribution >= 4 is 68.3 Å². The van der Waals surface area contributed by atoms with E-state index in [1.165, 1.54) is 29.7 Å². The van der Waals surface area contributed by atoms with Crippen LogP contribution in [0.15, 0.2) is 41.5 Å². The van der Waals surface area contributed by atoms with Crippen LogP contribution in [0.5, 0.6) is 5.75 Å². The molecule has 0 saturated carbocycles. The van der Waals surface area contributed by atoms with Crippen LogP contribution < -0.4 is 5.43 Å². The SMILES string of the molecule is O=C(N/N=C\c1cc(Cl)cc(Cl)c1O)c1sc2ccccc2c1Cl. The lowest BCUT2D eigenvalue weighted by Gasteiger charge is -2.02. The number of hydrogen-bond acceptors (Lipinski definition) is 4. The summed E-state index contributed by atoms with van der Waals surface area (Å²) in [5.74, 6) is -0.607. The third-order valence-electron chi connectivity index (χ3n) is 3.17. The Morgan fingerprint density at radius 1 is 1.21 bits per heavy atom. The Labute approximate surface area is 156 Å². The molecule has 0 unspecified atom stereocenters. The largest absolute Gasteiger partial charge is 0.506 e. The van der Waals surface area contributed by atoms with Crippen molar-refractivity contribution < 1.29 is 9.90 Å². The molecule has 0 spiro atoms. The summed E-state index contributed by atoms with van der Waals surface area (Å²) in [7, 11) is 0. The third-order valence-corrected chi connectivity index (χ3v) is 5.35. The Morgan fingerprint density at radius 3 is 2.71 bits per heavy atom. The van der Waals surface area contributed by atoms with E-state index >= 15 is 0 Å². The smallest absolute Gasteiger partial charge is 0.283 e. The molecule has 0 atom stereocenters. The van der Waals surface area contributed by atoms with Gasteiger partial charge in [0.15, 0.2) is 0 Å². The van der Waals surface area contributed by atoms with E-state index in [0.717, 1.165) is 10.1 Å². The van der Waals surface area contributed by atoms with Gasteiger partial charge in [0.1, 0.15) is 10.6 Å². The van der Waals surface area contributed by atoms with Gasteiger partial charge in [-0.15, -0.1) is 11.3 Å². The van der Waals surface area contributed by atoms with Crippen molar-refractivity contribution in [2.75, 3.05) is 0 Å². The number of amides is 1. The zero-order valence-electron chi connectivity index (χ0n) is 11.9. The van der Waals surface area contributed by atoms with Gasteiger partial charge in [-0.2, -0.15) is 5.10 Å². The highest BCUT2D eigenvalue weighted by molar-refractivity contribution is 7.21. The number of phenols is 1. The Hall–Kier alpha value is -1.79. The number of phenolic OH excluding ortho intramolecular Hbond substituents is 1. The van der Waals surface area contributed by atoms with Crippen LogP contribution in [0.25, 0.3) is 10.1 Å². The highest BCUT2D eigenvalue weighted by Crippen LogP contribution is 2.35. The summed E-state index contributed by atoms with van der Waals surface area (Å²) >= 11 is 19.2. The number of halogens is 3. The van der Waals surface area contributed by atoms with Gasteiger partial charge < -0.3 is 5.11 Å². The molecule has 0 aliphatic carbocycles. The molecule has 122 valence electrons. The predicted octanol–water partition coefficient (Wildman–Crippen LogP) is 5.33. The van der Waals surface area contributed by atoms with Crippen molar-refractivity contribution in [3.8, 4) is 5.75 Å². The summed E-state index contributed by atoms with van der Waals surface area (Å²) < 4.78 is 0.913. The van der Waals surface area contributed by atoms with Crippen LogP contribution >= 0.6 is 46.1 Å². The first-order valence-electron chi connectivity index (χ1n) is 6.66. The molecule has 24 heavy (non-hydrogen) atoms. The van der Waals surface area contributed by atoms with Gasteiger partial charge in [0.05, 0.1) is 16.3 Å². The molecule has 8 heteroatoms. The van der Waals surface area contributed by atoms with E-state index in [-0.39, 0.29) is 16.3 Å². The lowest BCUT2D eigenvalue weighted by atomic mass is 10.2. The van der Waals surface area contributed by atoms with Crippen LogP contribution in [-0.2, 0) is 0 Å². The minimum absolute atomic E-state index is 0.0998. The lowest BCUT2D eigenvalue weighted by molar-refractivity contribution is 0.0959. The number of carbonyl (C=O) groups is 1. The van der Waals surface area contributed by atoms with E-state index in [1.54, 1.807) is 0 Å². The van der Waals surface area contributed by atoms with Gasteiger partial charge in [0.25, 0.3) is 5.91 Å². The molecule has 0 saturated heterocycles. The number of fused-ring (bicyclic) bond motifs is 1. The maximum Gasteiger partial charge on any atom is 0.283 e. The van der Waals surface area contributed by atoms with E-state index in [4.69, 9.17) is 34.8 Å². The van der Waals surface area contributed by atoms with Crippen LogP contribution in [0.1, 0.15) is 15.2 Å². The number of thiophene rings is 1. The zero-order chi connectivity index (χ0) is 17.3. The van der Waals surface area contributed by atoms with Gasteiger partial charge in [0.2, 0.25) is 0 Å². The van der Waals surface area contributed by atoms with Crippen LogP contribution in [0.4, 0.5) is 0 Å². The number of nitrogens with zero attached hydrogens (tertiary/aromatic N) is 1. The van der Waals surface area contributed by atoms with Crippen LogP contribution in [0.2, 0.25) is 15.1 Å². The second-order valence-corrected chi connectivity index (χ2v) is 7.04. The van der Waals surface area contributed by atoms with Gasteiger partial charge in [-0.1, -0.05) is 53.0 Å². The zero-order valence-corrected chi connectivity index (χ0v) is 15.0. The van der Waals surface area contributed by atoms with E-state index in [0.29, 0.717) is 14.9 Å². The van der Waals surface area contributed by atoms with Crippen LogP contribution in [0, 0.1) is 0 Å². The van der Waals surface area contributed by atoms with Gasteiger partial charge in [0, 0.05) is 20.7 Å². The number of aromatic hydroxyl groups is 1. The van der Waals surface area contributed by atoms with Gasteiger partial charge in [-0.25, -0.2) is 5.43 Å². The molecule has 1 heterocycles. The first kappa shape index (κ1) is 17.0. The molecule has 0 aliphatic rings. The molecule has 0 aliphatic heterocycles. The normalized spacial score (nSPS) is 11.3. The topological polar surface area (TPSA) is 61.7 Å². The predicted molar refractivity (Wildman–Crippen MR) is 100 cm³/mol. The first-order chi connectivity index (χ1) is 11.5. The van der Waals surface area contributed by atoms with Crippen molar-refractivity contribution in [3.63, 3.8) is 0 Å². The highest BCUT2D eigenvalue weighted by atomic mass is 35.5. The molecule has 2 aromatic carbocycles. The summed E-state index contributed by atoms with van der Waals surface area (Å²) in [5.41, 5.74) is 2.66. The summed E-state index contributed by atoms with van der Waals surface area (Å²) in [6, 6.07) is 10.3. The Balaban J connectivity index is 1.81. The number of nitrogens with one attached hydrogen (secondary N) is 1. The van der Waals surface area contributed by atoms with Crippen molar-refractivity contribution in [2.24, 2.45) is 5.10 Å². The van der Waals surface area contributed by atoms with Crippen LogP contribution in [-0.4, -0.2) is 17.2 Å². The average molecular weight is 400 g/mol. The molecule has 3 aromatic rings. The first-order valence-corrected chi connectivity index (χ1v) is 8.61. The fraction of sp³-hybridized carbons (Fsp3) is 0. The summed E-state index contributed by atoms with van der Waals surface area (Å²) in [6.45, 7) is 0. The molecule has 1 aromatic heterocycles. The number of rotatable bonds is 3. The summed E-state index contributed by atoms with van der Waals surface area (Å²) in [6.07, 6.45) is 1.26. The Kier molecular flexibility index (Phi) is 4.96. The standard InChI is InChI=1S/C16H9Cl3N2O2S/c17-9-5-8(14(22)11(18)6-9)7-20-21-16(23)15-13(19)10-3-1-2-4-12(10)24-15/h1-7,22H,(H,21,23)/b20-7-. The minimum Gasteiger partial charge on any atom is -0.506 e. The number of hydrogen-bond donors (Lipinski definition) is 2. The van der Waals surface area contributed by atoms with Crippen molar-refractivity contribution in [2.45, 2.75) is 0 Å². The van der Waals surface area contributed by atoms with Gasteiger partial charge >= 0.3 is 0 Å². The van der Waals surface area contributed by atoms with Crippen molar-refractivity contribution in [3.05, 3.63) is 61.9 Å². The van der Waals surface area contributed by atoms with Crippen molar-refractivity contribution in [1.82, 2.24) is 5.43 Å². The second-order valence-electron chi connectivity index (χ2n) is 4.77. The minimum atomic E-state index is -0.440. The number of benzene rings is 2. The van der Waals surface area contributed by atoms with E-state index in [2.05, 4.69) is 10.5 Å². The molecule has 2 N–H and O–H groups in total. The Bertz CT molecular complexity index is 969. The number of hydrazone groups is 1. The van der Waals surface area contributed by atoms with Gasteiger partial charge in [-0.3, -0.25) is 4.79 Å². The molecular formula is C16H9Cl3N2O2S. The molecule has 4 nitrogen and oxygen atoms in total. The van der Waals surface area contributed by atoms with Crippen molar-refractivity contribution in [1.29, 1.82) is 0 Å². The van der Waals surface area contributed by atoms with Crippen LogP contribution in [0.3, 0.4) is 0 Å². The molecule has 0 radical (unpaired) electrons. The fourth-order valence-corrected chi connectivity index (χ4v) is 3.97. The second kappa shape index (κ2) is 6.99. The maximum atomic E-state index is 12.2. The molecule has 3 rings (SSSR count). The average Bonchev–Trinajstić information content (AvgIpc) is 2.89. The fourth-order valence-electron chi connectivity index (χ4n) is 2.06. The molecule has 0 bridgehead atoms. The maximum absolute atomic E-state index is 12.2.